The monoisotopic (exact) mass is 385 g/mol. The van der Waals surface area contributed by atoms with Gasteiger partial charge in [-0.05, 0) is 47.2 Å². The second-order valence-corrected chi connectivity index (χ2v) is 5.41. The Morgan fingerprint density at radius 1 is 1.25 bits per heavy atom. The van der Waals surface area contributed by atoms with Crippen LogP contribution in [0.5, 0.6) is 5.75 Å². The number of aromatic nitrogens is 2. The van der Waals surface area contributed by atoms with Gasteiger partial charge in [0, 0.05) is 7.11 Å². The molecule has 0 saturated carbocycles. The van der Waals surface area contributed by atoms with E-state index < -0.39 is 0 Å². The Bertz CT molecular complexity index is 632. The van der Waals surface area contributed by atoms with Crippen molar-refractivity contribution in [1.82, 2.24) is 9.97 Å². The Hall–Kier alpha value is -1.41. The van der Waals surface area contributed by atoms with E-state index >= 15 is 0 Å². The fourth-order valence-electron chi connectivity index (χ4n) is 1.85. The summed E-state index contributed by atoms with van der Waals surface area (Å²) in [7, 11) is 3.25. The number of rotatable bonds is 4. The number of nitrogen functional groups attached to an aromatic ring is 1. The standard InChI is InChI=1S/C14H16IN3O2/c1-8-4-5-9(11(6-8)20-3)14-17-10(7-19-2)12(15)13(16)18-14/h4-6H,7H2,1-3H3,(H2,16,17,18). The number of hydrogen-bond acceptors (Lipinski definition) is 5. The summed E-state index contributed by atoms with van der Waals surface area (Å²) in [5, 5.41) is 0. The largest absolute Gasteiger partial charge is 0.496 e. The minimum Gasteiger partial charge on any atom is -0.496 e. The summed E-state index contributed by atoms with van der Waals surface area (Å²) in [5.74, 6) is 1.73. The van der Waals surface area contributed by atoms with Gasteiger partial charge in [0.15, 0.2) is 5.82 Å². The van der Waals surface area contributed by atoms with Crippen molar-refractivity contribution in [3.8, 4) is 17.1 Å². The average Bonchev–Trinajstić information content (AvgIpc) is 2.43. The van der Waals surface area contributed by atoms with Crippen LogP contribution >= 0.6 is 22.6 Å². The molecule has 20 heavy (non-hydrogen) atoms. The molecular formula is C14H16IN3O2. The van der Waals surface area contributed by atoms with Crippen LogP contribution in [0, 0.1) is 10.5 Å². The van der Waals surface area contributed by atoms with Crippen LogP contribution in [0.25, 0.3) is 11.4 Å². The van der Waals surface area contributed by atoms with E-state index in [0.29, 0.717) is 18.2 Å². The van der Waals surface area contributed by atoms with Crippen LogP contribution < -0.4 is 10.5 Å². The van der Waals surface area contributed by atoms with Gasteiger partial charge in [-0.3, -0.25) is 0 Å². The number of methoxy groups -OCH3 is 2. The molecule has 2 rings (SSSR count). The van der Waals surface area contributed by atoms with E-state index in [2.05, 4.69) is 32.6 Å². The zero-order valence-corrected chi connectivity index (χ0v) is 13.8. The smallest absolute Gasteiger partial charge is 0.165 e. The Morgan fingerprint density at radius 2 is 2.00 bits per heavy atom. The number of halogens is 1. The highest BCUT2D eigenvalue weighted by atomic mass is 127. The topological polar surface area (TPSA) is 70.3 Å². The number of anilines is 1. The summed E-state index contributed by atoms with van der Waals surface area (Å²) in [6.07, 6.45) is 0. The zero-order valence-electron chi connectivity index (χ0n) is 11.6. The van der Waals surface area contributed by atoms with Gasteiger partial charge in [0.2, 0.25) is 0 Å². The van der Waals surface area contributed by atoms with Gasteiger partial charge in [0.05, 0.1) is 28.5 Å². The van der Waals surface area contributed by atoms with Crippen molar-refractivity contribution in [3.05, 3.63) is 33.0 Å². The lowest BCUT2D eigenvalue weighted by atomic mass is 10.1. The highest BCUT2D eigenvalue weighted by molar-refractivity contribution is 14.1. The maximum absolute atomic E-state index is 5.96. The molecule has 0 atom stereocenters. The Morgan fingerprint density at radius 3 is 2.65 bits per heavy atom. The molecule has 0 spiro atoms. The van der Waals surface area contributed by atoms with Gasteiger partial charge in [-0.15, -0.1) is 0 Å². The van der Waals surface area contributed by atoms with E-state index in [1.165, 1.54) is 0 Å². The Kier molecular flexibility index (Phi) is 4.77. The second kappa shape index (κ2) is 6.36. The van der Waals surface area contributed by atoms with E-state index in [1.54, 1.807) is 14.2 Å². The van der Waals surface area contributed by atoms with Gasteiger partial charge < -0.3 is 15.2 Å². The van der Waals surface area contributed by atoms with Crippen molar-refractivity contribution in [2.24, 2.45) is 0 Å². The molecule has 0 aliphatic heterocycles. The summed E-state index contributed by atoms with van der Waals surface area (Å²) in [4.78, 5) is 8.88. The van der Waals surface area contributed by atoms with E-state index in [1.807, 2.05) is 25.1 Å². The van der Waals surface area contributed by atoms with Crippen molar-refractivity contribution in [3.63, 3.8) is 0 Å². The molecule has 0 fully saturated rings. The van der Waals surface area contributed by atoms with E-state index in [4.69, 9.17) is 15.2 Å². The van der Waals surface area contributed by atoms with Crippen LogP contribution in [0.15, 0.2) is 18.2 Å². The molecule has 2 N–H and O–H groups in total. The summed E-state index contributed by atoms with van der Waals surface area (Å²) in [5.41, 5.74) is 8.66. The third kappa shape index (κ3) is 3.01. The normalized spacial score (nSPS) is 10.6. The van der Waals surface area contributed by atoms with Crippen molar-refractivity contribution in [2.45, 2.75) is 13.5 Å². The summed E-state index contributed by atoms with van der Waals surface area (Å²) < 4.78 is 11.4. The molecule has 106 valence electrons. The van der Waals surface area contributed by atoms with Gasteiger partial charge in [-0.2, -0.15) is 0 Å². The van der Waals surface area contributed by atoms with E-state index in [0.717, 1.165) is 26.1 Å². The first kappa shape index (κ1) is 15.0. The highest BCUT2D eigenvalue weighted by Gasteiger charge is 2.14. The van der Waals surface area contributed by atoms with Gasteiger partial charge in [0.1, 0.15) is 11.6 Å². The number of nitrogens with two attached hydrogens (primary N) is 1. The molecule has 0 radical (unpaired) electrons. The molecule has 1 aromatic heterocycles. The van der Waals surface area contributed by atoms with Crippen molar-refractivity contribution in [2.75, 3.05) is 20.0 Å². The van der Waals surface area contributed by atoms with Crippen LogP contribution in [0.1, 0.15) is 11.3 Å². The fourth-order valence-corrected chi connectivity index (χ4v) is 2.25. The second-order valence-electron chi connectivity index (χ2n) is 4.33. The van der Waals surface area contributed by atoms with Gasteiger partial charge in [-0.1, -0.05) is 6.07 Å². The Labute approximate surface area is 131 Å². The van der Waals surface area contributed by atoms with E-state index in [-0.39, 0.29) is 0 Å². The zero-order chi connectivity index (χ0) is 14.7. The minimum atomic E-state index is 0.395. The fraction of sp³-hybridized carbons (Fsp3) is 0.286. The molecule has 0 saturated heterocycles. The maximum atomic E-state index is 5.96. The van der Waals surface area contributed by atoms with Gasteiger partial charge in [-0.25, -0.2) is 9.97 Å². The lowest BCUT2D eigenvalue weighted by molar-refractivity contribution is 0.181. The first-order valence-corrected chi connectivity index (χ1v) is 7.10. The van der Waals surface area contributed by atoms with Crippen molar-refractivity contribution >= 4 is 28.4 Å². The molecule has 0 aliphatic carbocycles. The molecule has 1 heterocycles. The number of nitrogens with zero attached hydrogens (tertiary/aromatic N) is 2. The summed E-state index contributed by atoms with van der Waals surface area (Å²) >= 11 is 2.13. The molecule has 0 aliphatic rings. The number of hydrogen-bond donors (Lipinski definition) is 1. The molecule has 6 heteroatoms. The Balaban J connectivity index is 2.58. The minimum absolute atomic E-state index is 0.395. The highest BCUT2D eigenvalue weighted by Crippen LogP contribution is 2.30. The van der Waals surface area contributed by atoms with Crippen molar-refractivity contribution < 1.29 is 9.47 Å². The van der Waals surface area contributed by atoms with Crippen molar-refractivity contribution in [1.29, 1.82) is 0 Å². The third-order valence-corrected chi connectivity index (χ3v) is 4.00. The van der Waals surface area contributed by atoms with Gasteiger partial charge >= 0.3 is 0 Å². The molecule has 0 unspecified atom stereocenters. The van der Waals surface area contributed by atoms with Crippen LogP contribution in [0.3, 0.4) is 0 Å². The number of benzene rings is 1. The first-order valence-electron chi connectivity index (χ1n) is 6.02. The predicted octanol–water partition coefficient (Wildman–Crippen LogP) is 2.79. The lowest BCUT2D eigenvalue weighted by Crippen LogP contribution is -2.06. The third-order valence-electron chi connectivity index (χ3n) is 2.82. The maximum Gasteiger partial charge on any atom is 0.165 e. The number of aryl methyl sites for hydroxylation is 1. The molecule has 5 nitrogen and oxygen atoms in total. The van der Waals surface area contributed by atoms with E-state index in [9.17, 15) is 0 Å². The molecule has 1 aromatic carbocycles. The average molecular weight is 385 g/mol. The number of ether oxygens (including phenoxy) is 2. The van der Waals surface area contributed by atoms with Crippen LogP contribution in [-0.4, -0.2) is 24.2 Å². The molecular weight excluding hydrogens is 369 g/mol. The quantitative estimate of drug-likeness (QED) is 0.820. The van der Waals surface area contributed by atoms with Crippen LogP contribution in [0.2, 0.25) is 0 Å². The molecule has 0 bridgehead atoms. The summed E-state index contributed by atoms with van der Waals surface area (Å²) in [6.45, 7) is 2.40. The SMILES string of the molecule is COCc1nc(-c2ccc(C)cc2OC)nc(N)c1I. The molecule has 0 amide bonds. The summed E-state index contributed by atoms with van der Waals surface area (Å²) in [6, 6.07) is 5.88. The molecule has 2 aromatic rings. The van der Waals surface area contributed by atoms with Crippen LogP contribution in [0.4, 0.5) is 5.82 Å². The lowest BCUT2D eigenvalue weighted by Gasteiger charge is -2.11. The van der Waals surface area contributed by atoms with Gasteiger partial charge in [0.25, 0.3) is 0 Å². The predicted molar refractivity (Wildman–Crippen MR) is 86.6 cm³/mol. The first-order chi connectivity index (χ1) is 9.56. The van der Waals surface area contributed by atoms with Crippen LogP contribution in [-0.2, 0) is 11.3 Å².